The minimum absolute atomic E-state index is 0.0781. The maximum absolute atomic E-state index is 13.3. The zero-order valence-corrected chi connectivity index (χ0v) is 18.2. The number of para-hydroxylation sites is 1. The molecule has 32 heavy (non-hydrogen) atoms. The summed E-state index contributed by atoms with van der Waals surface area (Å²) >= 11 is 1.47. The SMILES string of the molecule is Cc1oc(-c2ccccc2)nc1CSc1nc2ccccc2c(=O)n1Cc1ccccn1. The van der Waals surface area contributed by atoms with Crippen LogP contribution in [-0.2, 0) is 12.3 Å². The van der Waals surface area contributed by atoms with Crippen molar-refractivity contribution in [2.75, 3.05) is 0 Å². The van der Waals surface area contributed by atoms with E-state index in [0.717, 1.165) is 22.7 Å². The zero-order chi connectivity index (χ0) is 21.9. The van der Waals surface area contributed by atoms with Crippen molar-refractivity contribution in [3.8, 4) is 11.5 Å². The summed E-state index contributed by atoms with van der Waals surface area (Å²) in [6, 6.07) is 22.9. The van der Waals surface area contributed by atoms with Crippen LogP contribution in [0, 0.1) is 6.92 Å². The third-order valence-electron chi connectivity index (χ3n) is 5.12. The molecule has 0 saturated carbocycles. The van der Waals surface area contributed by atoms with Crippen LogP contribution >= 0.6 is 11.8 Å². The van der Waals surface area contributed by atoms with Crippen molar-refractivity contribution in [1.29, 1.82) is 0 Å². The fraction of sp³-hybridized carbons (Fsp3) is 0.120. The second kappa shape index (κ2) is 8.80. The fourth-order valence-electron chi connectivity index (χ4n) is 3.45. The number of nitrogens with zero attached hydrogens (tertiary/aromatic N) is 4. The Morgan fingerprint density at radius 1 is 0.938 bits per heavy atom. The van der Waals surface area contributed by atoms with Crippen molar-refractivity contribution in [3.63, 3.8) is 0 Å². The molecular formula is C25H20N4O2S. The van der Waals surface area contributed by atoms with Gasteiger partial charge in [-0.1, -0.05) is 48.2 Å². The predicted molar refractivity (Wildman–Crippen MR) is 126 cm³/mol. The molecule has 0 N–H and O–H groups in total. The van der Waals surface area contributed by atoms with Crippen molar-refractivity contribution in [2.24, 2.45) is 0 Å². The molecule has 0 aliphatic heterocycles. The average Bonchev–Trinajstić information content (AvgIpc) is 3.21. The van der Waals surface area contributed by atoms with E-state index in [1.807, 2.05) is 79.7 Å². The largest absolute Gasteiger partial charge is 0.441 e. The van der Waals surface area contributed by atoms with E-state index in [1.54, 1.807) is 10.8 Å². The molecule has 6 nitrogen and oxygen atoms in total. The molecule has 5 aromatic rings. The Bertz CT molecular complexity index is 1430. The van der Waals surface area contributed by atoms with Crippen LogP contribution in [0.5, 0.6) is 0 Å². The van der Waals surface area contributed by atoms with Crippen LogP contribution in [-0.4, -0.2) is 19.5 Å². The number of pyridine rings is 1. The minimum Gasteiger partial charge on any atom is -0.441 e. The Labute approximate surface area is 189 Å². The van der Waals surface area contributed by atoms with Gasteiger partial charge in [-0.3, -0.25) is 14.3 Å². The molecule has 0 amide bonds. The number of oxazole rings is 1. The maximum Gasteiger partial charge on any atom is 0.262 e. The van der Waals surface area contributed by atoms with E-state index in [-0.39, 0.29) is 5.56 Å². The van der Waals surface area contributed by atoms with Crippen LogP contribution in [0.2, 0.25) is 0 Å². The van der Waals surface area contributed by atoms with Crippen LogP contribution in [0.3, 0.4) is 0 Å². The first-order valence-electron chi connectivity index (χ1n) is 10.2. The lowest BCUT2D eigenvalue weighted by molar-refractivity contribution is 0.540. The highest BCUT2D eigenvalue weighted by Gasteiger charge is 2.16. The molecule has 7 heteroatoms. The molecule has 0 atom stereocenters. The zero-order valence-electron chi connectivity index (χ0n) is 17.4. The summed E-state index contributed by atoms with van der Waals surface area (Å²) in [7, 11) is 0. The molecule has 0 aliphatic rings. The molecule has 5 rings (SSSR count). The molecule has 2 aromatic carbocycles. The highest BCUT2D eigenvalue weighted by atomic mass is 32.2. The van der Waals surface area contributed by atoms with Gasteiger partial charge in [0.25, 0.3) is 5.56 Å². The smallest absolute Gasteiger partial charge is 0.262 e. The van der Waals surface area contributed by atoms with Crippen molar-refractivity contribution >= 4 is 22.7 Å². The van der Waals surface area contributed by atoms with E-state index in [1.165, 1.54) is 11.8 Å². The van der Waals surface area contributed by atoms with Gasteiger partial charge >= 0.3 is 0 Å². The van der Waals surface area contributed by atoms with Gasteiger partial charge in [-0.15, -0.1) is 0 Å². The second-order valence-electron chi connectivity index (χ2n) is 7.30. The predicted octanol–water partition coefficient (Wildman–Crippen LogP) is 5.10. The molecule has 158 valence electrons. The molecule has 0 saturated heterocycles. The molecule has 3 heterocycles. The van der Waals surface area contributed by atoms with Gasteiger partial charge in [0.15, 0.2) is 5.16 Å². The van der Waals surface area contributed by atoms with Gasteiger partial charge in [-0.25, -0.2) is 9.97 Å². The number of hydrogen-bond acceptors (Lipinski definition) is 6. The highest BCUT2D eigenvalue weighted by Crippen LogP contribution is 2.27. The minimum atomic E-state index is -0.0781. The van der Waals surface area contributed by atoms with Gasteiger partial charge < -0.3 is 4.42 Å². The lowest BCUT2D eigenvalue weighted by Gasteiger charge is -2.12. The van der Waals surface area contributed by atoms with E-state index < -0.39 is 0 Å². The quantitative estimate of drug-likeness (QED) is 0.270. The van der Waals surface area contributed by atoms with E-state index in [9.17, 15) is 4.79 Å². The normalized spacial score (nSPS) is 11.2. The average molecular weight is 441 g/mol. The van der Waals surface area contributed by atoms with Crippen molar-refractivity contribution < 1.29 is 4.42 Å². The van der Waals surface area contributed by atoms with Crippen LogP contribution in [0.4, 0.5) is 0 Å². The van der Waals surface area contributed by atoms with Crippen LogP contribution in [0.15, 0.2) is 93.4 Å². The first-order valence-corrected chi connectivity index (χ1v) is 11.2. The van der Waals surface area contributed by atoms with Gasteiger partial charge in [0.2, 0.25) is 5.89 Å². The summed E-state index contributed by atoms with van der Waals surface area (Å²) in [5.41, 5.74) is 3.17. The van der Waals surface area contributed by atoms with Gasteiger partial charge in [0.1, 0.15) is 5.76 Å². The number of thioether (sulfide) groups is 1. The Morgan fingerprint density at radius 3 is 2.53 bits per heavy atom. The van der Waals surface area contributed by atoms with Crippen molar-refractivity contribution in [1.82, 2.24) is 19.5 Å². The Balaban J connectivity index is 1.49. The summed E-state index contributed by atoms with van der Waals surface area (Å²) in [6.45, 7) is 2.26. The molecule has 3 aromatic heterocycles. The van der Waals surface area contributed by atoms with E-state index in [2.05, 4.69) is 9.97 Å². The molecule has 0 fully saturated rings. The van der Waals surface area contributed by atoms with E-state index >= 15 is 0 Å². The number of aromatic nitrogens is 4. The molecular weight excluding hydrogens is 420 g/mol. The standard InChI is InChI=1S/C25H20N4O2S/c1-17-22(27-23(31-17)18-9-3-2-4-10-18)16-32-25-28-21-13-6-5-12-20(21)24(30)29(25)15-19-11-7-8-14-26-19/h2-14H,15-16H2,1H3. The lowest BCUT2D eigenvalue weighted by atomic mass is 10.2. The van der Waals surface area contributed by atoms with Crippen LogP contribution in [0.1, 0.15) is 17.1 Å². The number of rotatable bonds is 6. The molecule has 0 spiro atoms. The molecule has 0 unspecified atom stereocenters. The van der Waals surface area contributed by atoms with E-state index in [0.29, 0.717) is 34.2 Å². The fourth-order valence-corrected chi connectivity index (χ4v) is 4.45. The molecule has 0 aliphatic carbocycles. The highest BCUT2D eigenvalue weighted by molar-refractivity contribution is 7.98. The van der Waals surface area contributed by atoms with Crippen LogP contribution in [0.25, 0.3) is 22.4 Å². The summed E-state index contributed by atoms with van der Waals surface area (Å²) < 4.78 is 7.57. The Morgan fingerprint density at radius 2 is 1.72 bits per heavy atom. The van der Waals surface area contributed by atoms with Crippen molar-refractivity contribution in [3.05, 3.63) is 106 Å². The van der Waals surface area contributed by atoms with Gasteiger partial charge in [-0.05, 0) is 43.3 Å². The molecule has 0 radical (unpaired) electrons. The van der Waals surface area contributed by atoms with Crippen LogP contribution < -0.4 is 5.56 Å². The van der Waals surface area contributed by atoms with Gasteiger partial charge in [-0.2, -0.15) is 0 Å². The first-order chi connectivity index (χ1) is 15.7. The summed E-state index contributed by atoms with van der Waals surface area (Å²) in [5.74, 6) is 1.89. The third-order valence-corrected chi connectivity index (χ3v) is 6.11. The number of hydrogen-bond donors (Lipinski definition) is 0. The monoisotopic (exact) mass is 440 g/mol. The van der Waals surface area contributed by atoms with E-state index in [4.69, 9.17) is 9.40 Å². The second-order valence-corrected chi connectivity index (χ2v) is 8.24. The number of fused-ring (bicyclic) bond motifs is 1. The van der Waals surface area contributed by atoms with Gasteiger partial charge in [0.05, 0.1) is 28.8 Å². The lowest BCUT2D eigenvalue weighted by Crippen LogP contribution is -2.24. The Hall–Kier alpha value is -3.71. The summed E-state index contributed by atoms with van der Waals surface area (Å²) in [5, 5.41) is 1.22. The number of benzene rings is 2. The summed E-state index contributed by atoms with van der Waals surface area (Å²) in [6.07, 6.45) is 1.73. The van der Waals surface area contributed by atoms with Crippen molar-refractivity contribution in [2.45, 2.75) is 24.4 Å². The summed E-state index contributed by atoms with van der Waals surface area (Å²) in [4.78, 5) is 27.1. The third kappa shape index (κ3) is 4.07. The molecule has 0 bridgehead atoms. The topological polar surface area (TPSA) is 73.8 Å². The number of aryl methyl sites for hydroxylation is 1. The Kier molecular flexibility index (Phi) is 5.56. The first kappa shape index (κ1) is 20.2. The maximum atomic E-state index is 13.3. The van der Waals surface area contributed by atoms with Gasteiger partial charge in [0, 0.05) is 17.5 Å².